The summed E-state index contributed by atoms with van der Waals surface area (Å²) in [5, 5.41) is 3.72. The molecular weight excluding hydrogens is 232 g/mol. The first kappa shape index (κ1) is 14.4. The SMILES string of the molecule is Cc1cccc(N2CC(C)CC(NCC(C)C)C2)c1. The third kappa shape index (κ3) is 4.24. The summed E-state index contributed by atoms with van der Waals surface area (Å²) in [5.41, 5.74) is 2.73. The minimum Gasteiger partial charge on any atom is -0.370 e. The van der Waals surface area contributed by atoms with Gasteiger partial charge in [0.1, 0.15) is 0 Å². The van der Waals surface area contributed by atoms with Crippen LogP contribution in [-0.4, -0.2) is 25.7 Å². The van der Waals surface area contributed by atoms with E-state index in [1.807, 2.05) is 0 Å². The lowest BCUT2D eigenvalue weighted by Crippen LogP contribution is -2.49. The molecule has 0 amide bonds. The molecule has 2 heteroatoms. The number of anilines is 1. The van der Waals surface area contributed by atoms with Crippen molar-refractivity contribution >= 4 is 5.69 Å². The van der Waals surface area contributed by atoms with Crippen LogP contribution in [0.2, 0.25) is 0 Å². The van der Waals surface area contributed by atoms with Crippen molar-refractivity contribution in [3.05, 3.63) is 29.8 Å². The molecule has 2 atom stereocenters. The quantitative estimate of drug-likeness (QED) is 0.892. The van der Waals surface area contributed by atoms with Crippen LogP contribution < -0.4 is 10.2 Å². The standard InChI is InChI=1S/C17H28N2/c1-13(2)10-18-16-8-15(4)11-19(12-16)17-7-5-6-14(3)9-17/h5-7,9,13,15-16,18H,8,10-12H2,1-4H3. The second-order valence-corrected chi connectivity index (χ2v) is 6.58. The molecule has 1 fully saturated rings. The molecule has 1 aliphatic heterocycles. The van der Waals surface area contributed by atoms with Gasteiger partial charge in [-0.2, -0.15) is 0 Å². The number of hydrogen-bond donors (Lipinski definition) is 1. The normalized spacial score (nSPS) is 23.9. The molecule has 19 heavy (non-hydrogen) atoms. The van der Waals surface area contributed by atoms with Gasteiger partial charge in [-0.3, -0.25) is 0 Å². The first-order chi connectivity index (χ1) is 9.04. The minimum atomic E-state index is 0.631. The van der Waals surface area contributed by atoms with E-state index in [0.717, 1.165) is 24.9 Å². The van der Waals surface area contributed by atoms with Crippen molar-refractivity contribution in [2.75, 3.05) is 24.5 Å². The highest BCUT2D eigenvalue weighted by Crippen LogP contribution is 2.24. The van der Waals surface area contributed by atoms with Crippen LogP contribution in [0.5, 0.6) is 0 Å². The van der Waals surface area contributed by atoms with Crippen molar-refractivity contribution in [2.45, 2.75) is 40.2 Å². The molecule has 1 N–H and O–H groups in total. The van der Waals surface area contributed by atoms with E-state index in [4.69, 9.17) is 0 Å². The van der Waals surface area contributed by atoms with E-state index in [-0.39, 0.29) is 0 Å². The summed E-state index contributed by atoms with van der Waals surface area (Å²) < 4.78 is 0. The van der Waals surface area contributed by atoms with Crippen LogP contribution in [0.25, 0.3) is 0 Å². The molecule has 0 bridgehead atoms. The van der Waals surface area contributed by atoms with Crippen LogP contribution >= 0.6 is 0 Å². The molecule has 2 rings (SSSR count). The monoisotopic (exact) mass is 260 g/mol. The third-order valence-electron chi connectivity index (χ3n) is 3.84. The Hall–Kier alpha value is -1.02. The van der Waals surface area contributed by atoms with Gasteiger partial charge in [-0.25, -0.2) is 0 Å². The van der Waals surface area contributed by atoms with E-state index in [1.165, 1.54) is 24.2 Å². The van der Waals surface area contributed by atoms with Crippen LogP contribution in [0.15, 0.2) is 24.3 Å². The van der Waals surface area contributed by atoms with Gasteiger partial charge in [-0.15, -0.1) is 0 Å². The van der Waals surface area contributed by atoms with Crippen LogP contribution in [-0.2, 0) is 0 Å². The summed E-state index contributed by atoms with van der Waals surface area (Å²) in [6.45, 7) is 12.5. The predicted octanol–water partition coefficient (Wildman–Crippen LogP) is 3.46. The summed E-state index contributed by atoms with van der Waals surface area (Å²) in [4.78, 5) is 2.54. The van der Waals surface area contributed by atoms with Gasteiger partial charge in [0.2, 0.25) is 0 Å². The number of nitrogens with zero attached hydrogens (tertiary/aromatic N) is 1. The zero-order valence-corrected chi connectivity index (χ0v) is 12.8. The Morgan fingerprint density at radius 3 is 2.79 bits per heavy atom. The highest BCUT2D eigenvalue weighted by Gasteiger charge is 2.24. The highest BCUT2D eigenvalue weighted by atomic mass is 15.2. The predicted molar refractivity (Wildman–Crippen MR) is 83.8 cm³/mol. The number of piperidine rings is 1. The summed E-state index contributed by atoms with van der Waals surface area (Å²) in [5.74, 6) is 1.49. The van der Waals surface area contributed by atoms with Crippen LogP contribution in [0, 0.1) is 18.8 Å². The largest absolute Gasteiger partial charge is 0.370 e. The second-order valence-electron chi connectivity index (χ2n) is 6.58. The molecule has 1 aromatic carbocycles. The molecule has 106 valence electrons. The molecule has 1 aromatic rings. The molecule has 0 radical (unpaired) electrons. The van der Waals surface area contributed by atoms with E-state index in [2.05, 4.69) is 62.2 Å². The van der Waals surface area contributed by atoms with Crippen molar-refractivity contribution in [1.29, 1.82) is 0 Å². The second kappa shape index (κ2) is 6.42. The molecule has 0 aliphatic carbocycles. The smallest absolute Gasteiger partial charge is 0.0369 e. The maximum absolute atomic E-state index is 3.72. The number of nitrogens with one attached hydrogen (secondary N) is 1. The molecule has 0 aromatic heterocycles. The Balaban J connectivity index is 2.01. The zero-order chi connectivity index (χ0) is 13.8. The van der Waals surface area contributed by atoms with Crippen molar-refractivity contribution in [2.24, 2.45) is 11.8 Å². The van der Waals surface area contributed by atoms with Gasteiger partial charge >= 0.3 is 0 Å². The summed E-state index contributed by atoms with van der Waals surface area (Å²) in [7, 11) is 0. The minimum absolute atomic E-state index is 0.631. The van der Waals surface area contributed by atoms with Gasteiger partial charge in [0.15, 0.2) is 0 Å². The van der Waals surface area contributed by atoms with Gasteiger partial charge in [0.05, 0.1) is 0 Å². The van der Waals surface area contributed by atoms with Crippen molar-refractivity contribution < 1.29 is 0 Å². The maximum Gasteiger partial charge on any atom is 0.0369 e. The first-order valence-electron chi connectivity index (χ1n) is 7.59. The highest BCUT2D eigenvalue weighted by molar-refractivity contribution is 5.49. The fourth-order valence-corrected chi connectivity index (χ4v) is 2.94. The maximum atomic E-state index is 3.72. The number of aryl methyl sites for hydroxylation is 1. The molecule has 2 nitrogen and oxygen atoms in total. The van der Waals surface area contributed by atoms with E-state index < -0.39 is 0 Å². The van der Waals surface area contributed by atoms with E-state index in [1.54, 1.807) is 0 Å². The molecule has 1 heterocycles. The van der Waals surface area contributed by atoms with E-state index in [9.17, 15) is 0 Å². The molecular formula is C17H28N2. The van der Waals surface area contributed by atoms with Crippen molar-refractivity contribution in [3.63, 3.8) is 0 Å². The third-order valence-corrected chi connectivity index (χ3v) is 3.84. The van der Waals surface area contributed by atoms with E-state index >= 15 is 0 Å². The number of rotatable bonds is 4. The topological polar surface area (TPSA) is 15.3 Å². The Labute approximate surface area is 118 Å². The molecule has 1 saturated heterocycles. The van der Waals surface area contributed by atoms with Gasteiger partial charge < -0.3 is 10.2 Å². The zero-order valence-electron chi connectivity index (χ0n) is 12.8. The number of hydrogen-bond acceptors (Lipinski definition) is 2. The fourth-order valence-electron chi connectivity index (χ4n) is 2.94. The molecule has 1 aliphatic rings. The van der Waals surface area contributed by atoms with Gasteiger partial charge in [-0.1, -0.05) is 32.9 Å². The van der Waals surface area contributed by atoms with Crippen LogP contribution in [0.1, 0.15) is 32.8 Å². The first-order valence-corrected chi connectivity index (χ1v) is 7.59. The van der Waals surface area contributed by atoms with Gasteiger partial charge in [0.25, 0.3) is 0 Å². The van der Waals surface area contributed by atoms with Crippen LogP contribution in [0.4, 0.5) is 5.69 Å². The molecule has 0 saturated carbocycles. The lowest BCUT2D eigenvalue weighted by atomic mass is 9.95. The Morgan fingerprint density at radius 1 is 1.32 bits per heavy atom. The summed E-state index contributed by atoms with van der Waals surface area (Å²) in [6.07, 6.45) is 1.30. The Bertz CT molecular complexity index is 400. The molecule has 2 unspecified atom stereocenters. The Kier molecular flexibility index (Phi) is 4.87. The van der Waals surface area contributed by atoms with E-state index in [0.29, 0.717) is 6.04 Å². The lowest BCUT2D eigenvalue weighted by molar-refractivity contribution is 0.339. The average molecular weight is 260 g/mol. The summed E-state index contributed by atoms with van der Waals surface area (Å²) in [6, 6.07) is 9.51. The Morgan fingerprint density at radius 2 is 2.11 bits per heavy atom. The number of benzene rings is 1. The van der Waals surface area contributed by atoms with Crippen molar-refractivity contribution in [3.8, 4) is 0 Å². The summed E-state index contributed by atoms with van der Waals surface area (Å²) >= 11 is 0. The lowest BCUT2D eigenvalue weighted by Gasteiger charge is -2.38. The van der Waals surface area contributed by atoms with Crippen LogP contribution in [0.3, 0.4) is 0 Å². The fraction of sp³-hybridized carbons (Fsp3) is 0.647. The van der Waals surface area contributed by atoms with Gasteiger partial charge in [0, 0.05) is 24.8 Å². The van der Waals surface area contributed by atoms with Gasteiger partial charge in [-0.05, 0) is 49.4 Å². The average Bonchev–Trinajstić information content (AvgIpc) is 2.36. The van der Waals surface area contributed by atoms with Crippen molar-refractivity contribution in [1.82, 2.24) is 5.32 Å². The molecule has 0 spiro atoms.